The van der Waals surface area contributed by atoms with E-state index >= 15 is 0 Å². The average molecular weight is 455 g/mol. The lowest BCUT2D eigenvalue weighted by molar-refractivity contribution is -0.138. The number of carbonyl (C=O) groups excluding carboxylic acids is 1. The summed E-state index contributed by atoms with van der Waals surface area (Å²) in [7, 11) is 1.82. The second-order valence-electron chi connectivity index (χ2n) is 7.21. The van der Waals surface area contributed by atoms with E-state index in [4.69, 9.17) is 4.74 Å². The molecule has 0 unspecified atom stereocenters. The summed E-state index contributed by atoms with van der Waals surface area (Å²) >= 11 is 0. The maximum Gasteiger partial charge on any atom is 0.416 e. The molecule has 1 fully saturated rings. The van der Waals surface area contributed by atoms with Crippen molar-refractivity contribution >= 4 is 40.7 Å². The molecule has 0 aliphatic carbocycles. The van der Waals surface area contributed by atoms with Crippen LogP contribution in [0, 0.1) is 6.92 Å². The highest BCUT2D eigenvalue weighted by molar-refractivity contribution is 6.08. The van der Waals surface area contributed by atoms with Gasteiger partial charge in [0.05, 0.1) is 29.9 Å². The number of nitrogens with one attached hydrogen (secondary N) is 1. The largest absolute Gasteiger partial charge is 0.416 e. The quantitative estimate of drug-likeness (QED) is 0.631. The lowest BCUT2D eigenvalue weighted by Crippen LogP contribution is -2.40. The molecule has 0 saturated carbocycles. The topological polar surface area (TPSA) is 59.4 Å². The summed E-state index contributed by atoms with van der Waals surface area (Å²) in [5, 5.41) is 3.68. The number of aromatic nitrogens is 2. The van der Waals surface area contributed by atoms with Gasteiger partial charge in [-0.05, 0) is 30.7 Å². The van der Waals surface area contributed by atoms with Gasteiger partial charge in [0, 0.05) is 43.6 Å². The minimum absolute atomic E-state index is 0. The average Bonchev–Trinajstić information content (AvgIpc) is 3.11. The summed E-state index contributed by atoms with van der Waals surface area (Å²) < 4.78 is 46.9. The van der Waals surface area contributed by atoms with Gasteiger partial charge in [0.25, 0.3) is 5.91 Å². The maximum absolute atomic E-state index is 13.2. The number of amides is 1. The molecule has 0 radical (unpaired) electrons. The number of nitrogens with zero attached hydrogens (tertiary/aromatic N) is 3. The number of benzene rings is 1. The first-order valence-corrected chi connectivity index (χ1v) is 9.52. The number of ether oxygens (including phenoxy) is 1. The van der Waals surface area contributed by atoms with Crippen LogP contribution in [0.15, 0.2) is 36.7 Å². The van der Waals surface area contributed by atoms with Crippen LogP contribution in [0.4, 0.5) is 24.7 Å². The van der Waals surface area contributed by atoms with E-state index in [0.29, 0.717) is 54.3 Å². The van der Waals surface area contributed by atoms with E-state index < -0.39 is 11.7 Å². The SMILES string of the molecule is Cc1c(Nc2ncc(C(=O)N3CCOCC3)c3c2ccn3C)cccc1C(F)(F)F.Cl. The second kappa shape index (κ2) is 8.76. The van der Waals surface area contributed by atoms with Crippen LogP contribution in [-0.2, 0) is 18.0 Å². The molecule has 1 saturated heterocycles. The first-order chi connectivity index (χ1) is 14.3. The summed E-state index contributed by atoms with van der Waals surface area (Å²) in [6, 6.07) is 5.78. The van der Waals surface area contributed by atoms with Crippen molar-refractivity contribution in [1.82, 2.24) is 14.5 Å². The van der Waals surface area contributed by atoms with Crippen molar-refractivity contribution in [2.24, 2.45) is 7.05 Å². The number of aryl methyl sites for hydroxylation is 1. The fourth-order valence-corrected chi connectivity index (χ4v) is 3.71. The molecule has 1 aromatic carbocycles. The van der Waals surface area contributed by atoms with Crippen LogP contribution < -0.4 is 5.32 Å². The van der Waals surface area contributed by atoms with Crippen LogP contribution in [-0.4, -0.2) is 46.7 Å². The van der Waals surface area contributed by atoms with Gasteiger partial charge in [0.1, 0.15) is 5.82 Å². The number of rotatable bonds is 3. The number of pyridine rings is 1. The molecule has 1 aliphatic rings. The molecule has 3 aromatic rings. The Balaban J connectivity index is 0.00000272. The third-order valence-electron chi connectivity index (χ3n) is 5.33. The van der Waals surface area contributed by atoms with E-state index in [1.165, 1.54) is 19.2 Å². The molecule has 6 nitrogen and oxygen atoms in total. The number of alkyl halides is 3. The Bertz CT molecular complexity index is 1110. The highest BCUT2D eigenvalue weighted by atomic mass is 35.5. The molecule has 166 valence electrons. The lowest BCUT2D eigenvalue weighted by atomic mass is 10.1. The molecule has 1 amide bonds. The Labute approximate surface area is 183 Å². The van der Waals surface area contributed by atoms with Gasteiger partial charge in [-0.1, -0.05) is 6.07 Å². The smallest absolute Gasteiger partial charge is 0.378 e. The number of carbonyl (C=O) groups is 1. The van der Waals surface area contributed by atoms with Gasteiger partial charge in [-0.3, -0.25) is 4.79 Å². The van der Waals surface area contributed by atoms with Crippen molar-refractivity contribution in [3.63, 3.8) is 0 Å². The molecule has 3 heterocycles. The Hall–Kier alpha value is -2.78. The Kier molecular flexibility index (Phi) is 6.47. The van der Waals surface area contributed by atoms with Crippen LogP contribution in [0.5, 0.6) is 0 Å². The molecule has 10 heteroatoms. The van der Waals surface area contributed by atoms with Gasteiger partial charge >= 0.3 is 6.18 Å². The summed E-state index contributed by atoms with van der Waals surface area (Å²) in [6.45, 7) is 3.42. The third kappa shape index (κ3) is 4.33. The number of morpholine rings is 1. The van der Waals surface area contributed by atoms with Crippen LogP contribution in [0.25, 0.3) is 10.9 Å². The normalized spacial score (nSPS) is 14.4. The first-order valence-electron chi connectivity index (χ1n) is 9.52. The van der Waals surface area contributed by atoms with Gasteiger partial charge in [-0.2, -0.15) is 13.2 Å². The van der Waals surface area contributed by atoms with Crippen molar-refractivity contribution in [2.45, 2.75) is 13.1 Å². The molecule has 1 N–H and O–H groups in total. The van der Waals surface area contributed by atoms with Crippen molar-refractivity contribution in [3.05, 3.63) is 53.3 Å². The van der Waals surface area contributed by atoms with E-state index in [1.807, 2.05) is 11.6 Å². The third-order valence-corrected chi connectivity index (χ3v) is 5.33. The Morgan fingerprint density at radius 3 is 2.58 bits per heavy atom. The fraction of sp³-hybridized carbons (Fsp3) is 0.333. The maximum atomic E-state index is 13.2. The number of fused-ring (bicyclic) bond motifs is 1. The summed E-state index contributed by atoms with van der Waals surface area (Å²) in [5.41, 5.74) is 0.828. The predicted molar refractivity (Wildman–Crippen MR) is 114 cm³/mol. The van der Waals surface area contributed by atoms with E-state index in [-0.39, 0.29) is 23.9 Å². The minimum atomic E-state index is -4.44. The summed E-state index contributed by atoms with van der Waals surface area (Å²) in [5.74, 6) is 0.256. The summed E-state index contributed by atoms with van der Waals surface area (Å²) in [6.07, 6.45) is -1.16. The van der Waals surface area contributed by atoms with Crippen LogP contribution in [0.1, 0.15) is 21.5 Å². The molecule has 4 rings (SSSR count). The number of anilines is 2. The van der Waals surface area contributed by atoms with E-state index in [0.717, 1.165) is 6.07 Å². The van der Waals surface area contributed by atoms with E-state index in [2.05, 4.69) is 10.3 Å². The zero-order valence-electron chi connectivity index (χ0n) is 17.0. The number of hydrogen-bond donors (Lipinski definition) is 1. The number of halogens is 4. The van der Waals surface area contributed by atoms with Crippen LogP contribution in [0.2, 0.25) is 0 Å². The molecule has 2 aromatic heterocycles. The van der Waals surface area contributed by atoms with Crippen molar-refractivity contribution in [3.8, 4) is 0 Å². The molecule has 31 heavy (non-hydrogen) atoms. The first kappa shape index (κ1) is 22.9. The highest BCUT2D eigenvalue weighted by Gasteiger charge is 2.33. The van der Waals surface area contributed by atoms with Crippen molar-refractivity contribution < 1.29 is 22.7 Å². The molecular formula is C21H22ClF3N4O2. The second-order valence-corrected chi connectivity index (χ2v) is 7.21. The van der Waals surface area contributed by atoms with E-state index in [9.17, 15) is 18.0 Å². The highest BCUT2D eigenvalue weighted by Crippen LogP contribution is 2.36. The van der Waals surface area contributed by atoms with Crippen LogP contribution in [0.3, 0.4) is 0 Å². The monoisotopic (exact) mass is 454 g/mol. The zero-order valence-corrected chi connectivity index (χ0v) is 17.8. The molecule has 0 spiro atoms. The fourth-order valence-electron chi connectivity index (χ4n) is 3.71. The standard InChI is InChI=1S/C21H21F3N4O2.ClH/c1-13-16(21(22,23)24)4-3-5-17(13)26-19-14-6-7-27(2)18(14)15(12-25-19)20(29)28-8-10-30-11-9-28;/h3-7,12H,8-11H2,1-2H3,(H,25,26);1H. The van der Waals surface area contributed by atoms with Gasteiger partial charge < -0.3 is 19.5 Å². The molecule has 1 aliphatic heterocycles. The Morgan fingerprint density at radius 1 is 1.19 bits per heavy atom. The zero-order chi connectivity index (χ0) is 21.5. The van der Waals surface area contributed by atoms with Crippen molar-refractivity contribution in [2.75, 3.05) is 31.6 Å². The minimum Gasteiger partial charge on any atom is -0.378 e. The summed E-state index contributed by atoms with van der Waals surface area (Å²) in [4.78, 5) is 19.1. The molecule has 0 bridgehead atoms. The van der Waals surface area contributed by atoms with Gasteiger partial charge in [0.2, 0.25) is 0 Å². The van der Waals surface area contributed by atoms with Gasteiger partial charge in [-0.15, -0.1) is 12.4 Å². The number of hydrogen-bond acceptors (Lipinski definition) is 4. The van der Waals surface area contributed by atoms with Gasteiger partial charge in [-0.25, -0.2) is 4.98 Å². The predicted octanol–water partition coefficient (Wildman–Crippen LogP) is 4.54. The van der Waals surface area contributed by atoms with Gasteiger partial charge in [0.15, 0.2) is 0 Å². The van der Waals surface area contributed by atoms with E-state index in [1.54, 1.807) is 23.2 Å². The Morgan fingerprint density at radius 2 is 1.90 bits per heavy atom. The lowest BCUT2D eigenvalue weighted by Gasteiger charge is -2.27. The van der Waals surface area contributed by atoms with Crippen molar-refractivity contribution in [1.29, 1.82) is 0 Å². The molecule has 0 atom stereocenters. The molecular weight excluding hydrogens is 433 g/mol. The van der Waals surface area contributed by atoms with Crippen LogP contribution >= 0.6 is 12.4 Å².